The summed E-state index contributed by atoms with van der Waals surface area (Å²) in [6.45, 7) is 0. The van der Waals surface area contributed by atoms with Crippen molar-refractivity contribution in [1.82, 2.24) is 0 Å². The standard InChI is InChI=1S/C13H16N2O5/c14-9(5-7-1-3-8(16)4-2-7)12(19)13(20)10(15)6-11(17)18/h1-4,9-10,16H,5-6,14-15H2,(H,17,18)/t9-,10-/m0/s1. The first-order valence-electron chi connectivity index (χ1n) is 5.90. The summed E-state index contributed by atoms with van der Waals surface area (Å²) < 4.78 is 0. The number of nitrogens with two attached hydrogens (primary N) is 2. The second-order valence-electron chi connectivity index (χ2n) is 4.41. The number of hydrogen-bond acceptors (Lipinski definition) is 6. The van der Waals surface area contributed by atoms with Crippen LogP contribution in [0.2, 0.25) is 0 Å². The Kier molecular flexibility index (Phi) is 5.36. The van der Waals surface area contributed by atoms with Gasteiger partial charge in [-0.3, -0.25) is 14.4 Å². The number of ketones is 2. The molecule has 0 spiro atoms. The Bertz CT molecular complexity index is 512. The molecule has 0 amide bonds. The van der Waals surface area contributed by atoms with E-state index in [1.807, 2.05) is 0 Å². The van der Waals surface area contributed by atoms with Crippen LogP contribution in [0.3, 0.4) is 0 Å². The largest absolute Gasteiger partial charge is 0.508 e. The van der Waals surface area contributed by atoms with Crippen LogP contribution in [-0.4, -0.2) is 39.8 Å². The lowest BCUT2D eigenvalue weighted by atomic mass is 9.97. The summed E-state index contributed by atoms with van der Waals surface area (Å²) in [4.78, 5) is 33.8. The van der Waals surface area contributed by atoms with Gasteiger partial charge in [0.1, 0.15) is 5.75 Å². The van der Waals surface area contributed by atoms with Crippen LogP contribution >= 0.6 is 0 Å². The van der Waals surface area contributed by atoms with Crippen LogP contribution in [0.5, 0.6) is 5.75 Å². The lowest BCUT2D eigenvalue weighted by Gasteiger charge is -2.12. The van der Waals surface area contributed by atoms with Gasteiger partial charge in [-0.2, -0.15) is 0 Å². The number of carboxylic acids is 1. The Balaban J connectivity index is 2.64. The van der Waals surface area contributed by atoms with Gasteiger partial charge in [0.05, 0.1) is 18.5 Å². The van der Waals surface area contributed by atoms with E-state index in [0.717, 1.165) is 0 Å². The fourth-order valence-electron chi connectivity index (χ4n) is 1.62. The maximum atomic E-state index is 11.7. The molecule has 0 unspecified atom stereocenters. The van der Waals surface area contributed by atoms with Crippen molar-refractivity contribution in [3.63, 3.8) is 0 Å². The lowest BCUT2D eigenvalue weighted by Crippen LogP contribution is -2.46. The smallest absolute Gasteiger partial charge is 0.305 e. The fraction of sp³-hybridized carbons (Fsp3) is 0.308. The van der Waals surface area contributed by atoms with Crippen molar-refractivity contribution in [1.29, 1.82) is 0 Å². The summed E-state index contributed by atoms with van der Waals surface area (Å²) in [6.07, 6.45) is -0.513. The molecule has 6 N–H and O–H groups in total. The molecule has 0 aliphatic heterocycles. The third-order valence-electron chi connectivity index (χ3n) is 2.70. The van der Waals surface area contributed by atoms with Crippen LogP contribution in [0.4, 0.5) is 0 Å². The zero-order valence-corrected chi connectivity index (χ0v) is 10.7. The number of carbonyl (C=O) groups excluding carboxylic acids is 2. The first kappa shape index (κ1) is 15.8. The number of hydrogen-bond donors (Lipinski definition) is 4. The molecular formula is C13H16N2O5. The average Bonchev–Trinajstić information content (AvgIpc) is 2.38. The SMILES string of the molecule is N[C@@H](CC(=O)O)C(=O)C(=O)[C@@H](N)Cc1ccc(O)cc1. The predicted molar refractivity (Wildman–Crippen MR) is 70.0 cm³/mol. The van der Waals surface area contributed by atoms with Crippen molar-refractivity contribution in [2.75, 3.05) is 0 Å². The van der Waals surface area contributed by atoms with Gasteiger partial charge in [0.25, 0.3) is 0 Å². The second kappa shape index (κ2) is 6.78. The Morgan fingerprint density at radius 1 is 1.00 bits per heavy atom. The minimum absolute atomic E-state index is 0.0770. The van der Waals surface area contributed by atoms with Gasteiger partial charge in [-0.1, -0.05) is 12.1 Å². The van der Waals surface area contributed by atoms with E-state index < -0.39 is 36.0 Å². The highest BCUT2D eigenvalue weighted by atomic mass is 16.4. The Morgan fingerprint density at radius 2 is 1.50 bits per heavy atom. The predicted octanol–water partition coefficient (Wildman–Crippen LogP) is -0.798. The summed E-state index contributed by atoms with van der Waals surface area (Å²) in [5.41, 5.74) is 11.6. The Hall–Kier alpha value is -2.25. The number of carboxylic acid groups (broad SMARTS) is 1. The van der Waals surface area contributed by atoms with Crippen molar-refractivity contribution in [2.24, 2.45) is 11.5 Å². The van der Waals surface area contributed by atoms with E-state index in [9.17, 15) is 14.4 Å². The fourth-order valence-corrected chi connectivity index (χ4v) is 1.62. The highest BCUT2D eigenvalue weighted by Gasteiger charge is 2.28. The molecule has 0 saturated heterocycles. The van der Waals surface area contributed by atoms with Gasteiger partial charge in [0, 0.05) is 0 Å². The van der Waals surface area contributed by atoms with E-state index in [1.165, 1.54) is 12.1 Å². The lowest BCUT2D eigenvalue weighted by molar-refractivity contribution is -0.142. The maximum Gasteiger partial charge on any atom is 0.305 e. The normalized spacial score (nSPS) is 13.5. The Labute approximate surface area is 115 Å². The maximum absolute atomic E-state index is 11.7. The third kappa shape index (κ3) is 4.45. The van der Waals surface area contributed by atoms with Gasteiger partial charge in [0.15, 0.2) is 0 Å². The number of phenols is 1. The van der Waals surface area contributed by atoms with Gasteiger partial charge >= 0.3 is 5.97 Å². The van der Waals surface area contributed by atoms with Crippen molar-refractivity contribution >= 4 is 17.5 Å². The van der Waals surface area contributed by atoms with Crippen LogP contribution in [-0.2, 0) is 20.8 Å². The number of aromatic hydroxyl groups is 1. The molecule has 0 aromatic heterocycles. The highest BCUT2D eigenvalue weighted by Crippen LogP contribution is 2.11. The van der Waals surface area contributed by atoms with Crippen LogP contribution in [0.25, 0.3) is 0 Å². The summed E-state index contributed by atoms with van der Waals surface area (Å²) in [5, 5.41) is 17.6. The van der Waals surface area contributed by atoms with E-state index >= 15 is 0 Å². The number of carbonyl (C=O) groups is 3. The average molecular weight is 280 g/mol. The van der Waals surface area contributed by atoms with Gasteiger partial charge < -0.3 is 21.7 Å². The van der Waals surface area contributed by atoms with Crippen molar-refractivity contribution < 1.29 is 24.6 Å². The van der Waals surface area contributed by atoms with Gasteiger partial charge in [0.2, 0.25) is 11.6 Å². The molecule has 0 heterocycles. The van der Waals surface area contributed by atoms with Gasteiger partial charge in [-0.25, -0.2) is 0 Å². The summed E-state index contributed by atoms with van der Waals surface area (Å²) in [7, 11) is 0. The van der Waals surface area contributed by atoms with E-state index in [0.29, 0.717) is 5.56 Å². The minimum atomic E-state index is -1.38. The molecule has 108 valence electrons. The van der Waals surface area contributed by atoms with E-state index in [1.54, 1.807) is 12.1 Å². The van der Waals surface area contributed by atoms with Crippen molar-refractivity contribution in [3.05, 3.63) is 29.8 Å². The molecule has 2 atom stereocenters. The highest BCUT2D eigenvalue weighted by molar-refractivity contribution is 6.41. The number of benzene rings is 1. The van der Waals surface area contributed by atoms with E-state index in [-0.39, 0.29) is 12.2 Å². The molecule has 7 heteroatoms. The number of phenolic OH excluding ortho intramolecular Hbond substituents is 1. The molecular weight excluding hydrogens is 264 g/mol. The first-order valence-corrected chi connectivity index (χ1v) is 5.90. The van der Waals surface area contributed by atoms with Crippen LogP contribution in [0, 0.1) is 0 Å². The zero-order valence-electron chi connectivity index (χ0n) is 10.7. The molecule has 1 aromatic rings. The van der Waals surface area contributed by atoms with E-state index in [2.05, 4.69) is 0 Å². The summed E-state index contributed by atoms with van der Waals surface area (Å²) in [6, 6.07) is 3.54. The van der Waals surface area contributed by atoms with Gasteiger partial charge in [-0.15, -0.1) is 0 Å². The third-order valence-corrected chi connectivity index (χ3v) is 2.70. The molecule has 0 aliphatic carbocycles. The molecule has 0 fully saturated rings. The quantitative estimate of drug-likeness (QED) is 0.479. The molecule has 0 radical (unpaired) electrons. The summed E-state index contributed by atoms with van der Waals surface area (Å²) in [5.74, 6) is -3.07. The monoisotopic (exact) mass is 280 g/mol. The zero-order chi connectivity index (χ0) is 15.3. The molecule has 20 heavy (non-hydrogen) atoms. The van der Waals surface area contributed by atoms with Crippen molar-refractivity contribution in [3.8, 4) is 5.75 Å². The van der Waals surface area contributed by atoms with Gasteiger partial charge in [-0.05, 0) is 24.1 Å². The van der Waals surface area contributed by atoms with Crippen LogP contribution < -0.4 is 11.5 Å². The van der Waals surface area contributed by atoms with Crippen LogP contribution in [0.1, 0.15) is 12.0 Å². The molecule has 7 nitrogen and oxygen atoms in total. The number of Topliss-reactive ketones (excluding diaryl/α,β-unsaturated/α-hetero) is 2. The molecule has 0 saturated carbocycles. The number of rotatable bonds is 7. The Morgan fingerprint density at radius 3 is 2.00 bits per heavy atom. The van der Waals surface area contributed by atoms with E-state index in [4.69, 9.17) is 21.7 Å². The molecule has 1 rings (SSSR count). The molecule has 0 aliphatic rings. The minimum Gasteiger partial charge on any atom is -0.508 e. The second-order valence-corrected chi connectivity index (χ2v) is 4.41. The number of aliphatic carboxylic acids is 1. The first-order chi connectivity index (χ1) is 9.31. The molecule has 0 bridgehead atoms. The summed E-state index contributed by atoms with van der Waals surface area (Å²) >= 11 is 0. The van der Waals surface area contributed by atoms with Crippen LogP contribution in [0.15, 0.2) is 24.3 Å². The van der Waals surface area contributed by atoms with Crippen molar-refractivity contribution in [2.45, 2.75) is 24.9 Å². The topological polar surface area (TPSA) is 144 Å². The molecule has 1 aromatic carbocycles.